The van der Waals surface area contributed by atoms with E-state index in [1.807, 2.05) is 6.07 Å². The van der Waals surface area contributed by atoms with Crippen molar-refractivity contribution >= 4 is 28.8 Å². The normalized spacial score (nSPS) is 13.4. The Morgan fingerprint density at radius 3 is 2.57 bits per heavy atom. The summed E-state index contributed by atoms with van der Waals surface area (Å²) in [6, 6.07) is 10.7. The highest BCUT2D eigenvalue weighted by Crippen LogP contribution is 2.32. The van der Waals surface area contributed by atoms with Gasteiger partial charge in [0, 0.05) is 24.5 Å². The van der Waals surface area contributed by atoms with Crippen molar-refractivity contribution in [1.82, 2.24) is 14.8 Å². The highest BCUT2D eigenvalue weighted by atomic mass is 35.5. The Kier molecular flexibility index (Phi) is 4.96. The second-order valence-corrected chi connectivity index (χ2v) is 7.33. The third-order valence-corrected chi connectivity index (χ3v) is 5.05. The molecule has 1 N–H and O–H groups in total. The van der Waals surface area contributed by atoms with Gasteiger partial charge >= 0.3 is 0 Å². The smallest absolute Gasteiger partial charge is 0.291 e. The molecule has 0 spiro atoms. The summed E-state index contributed by atoms with van der Waals surface area (Å²) in [5.74, 6) is 0.205. The molecule has 142 valence electrons. The summed E-state index contributed by atoms with van der Waals surface area (Å²) in [4.78, 5) is 29.8. The molecule has 1 aliphatic rings. The molecule has 1 aromatic carbocycles. The first-order chi connectivity index (χ1) is 13.5. The average molecular weight is 395 g/mol. The number of anilines is 2. The highest BCUT2D eigenvalue weighted by molar-refractivity contribution is 6.33. The summed E-state index contributed by atoms with van der Waals surface area (Å²) in [6.07, 6.45) is 5.44. The van der Waals surface area contributed by atoms with Crippen molar-refractivity contribution in [2.45, 2.75) is 26.3 Å². The van der Waals surface area contributed by atoms with Gasteiger partial charge in [-0.05, 0) is 49.9 Å². The van der Waals surface area contributed by atoms with Gasteiger partial charge in [0.1, 0.15) is 11.4 Å². The third kappa shape index (κ3) is 3.68. The van der Waals surface area contributed by atoms with E-state index in [0.717, 1.165) is 18.4 Å². The minimum Gasteiger partial charge on any atom is -0.349 e. The molecule has 0 amide bonds. The maximum atomic E-state index is 13.2. The van der Waals surface area contributed by atoms with Gasteiger partial charge in [0.15, 0.2) is 5.78 Å². The Labute approximate surface area is 167 Å². The molecule has 2 aromatic heterocycles. The van der Waals surface area contributed by atoms with Crippen LogP contribution in [-0.4, -0.2) is 20.5 Å². The predicted molar refractivity (Wildman–Crippen MR) is 109 cm³/mol. The van der Waals surface area contributed by atoms with Gasteiger partial charge in [0.25, 0.3) is 5.56 Å². The fourth-order valence-electron chi connectivity index (χ4n) is 3.11. The number of nitrogens with one attached hydrogen (secondary N) is 1. The zero-order chi connectivity index (χ0) is 19.7. The third-order valence-electron chi connectivity index (χ3n) is 4.72. The standard InChI is InChI=1S/C21H19ClN4O2/c1-13(27)18-19(15-8-10-23-11-9-15)25-26(12-14-6-7-14)21(28)20(18)24-17-5-3-2-4-16(17)22/h2-5,8-11,14,24H,6-7,12H2,1H3. The Morgan fingerprint density at radius 2 is 1.93 bits per heavy atom. The van der Waals surface area contributed by atoms with Crippen molar-refractivity contribution < 1.29 is 4.79 Å². The molecule has 3 aromatic rings. The fourth-order valence-corrected chi connectivity index (χ4v) is 3.29. The van der Waals surface area contributed by atoms with E-state index in [0.29, 0.717) is 28.9 Å². The first-order valence-electron chi connectivity index (χ1n) is 9.12. The van der Waals surface area contributed by atoms with E-state index in [1.54, 1.807) is 42.7 Å². The van der Waals surface area contributed by atoms with Crippen LogP contribution in [0.2, 0.25) is 5.02 Å². The molecule has 2 heterocycles. The molecule has 0 saturated heterocycles. The molecule has 28 heavy (non-hydrogen) atoms. The van der Waals surface area contributed by atoms with E-state index in [4.69, 9.17) is 11.6 Å². The van der Waals surface area contributed by atoms with Gasteiger partial charge in [-0.1, -0.05) is 23.7 Å². The summed E-state index contributed by atoms with van der Waals surface area (Å²) in [5.41, 5.74) is 1.88. The lowest BCUT2D eigenvalue weighted by molar-refractivity contribution is 0.101. The second kappa shape index (κ2) is 7.56. The number of nitrogens with zero attached hydrogens (tertiary/aromatic N) is 3. The topological polar surface area (TPSA) is 76.9 Å². The maximum absolute atomic E-state index is 13.2. The van der Waals surface area contributed by atoms with E-state index in [9.17, 15) is 9.59 Å². The van der Waals surface area contributed by atoms with Crippen LogP contribution in [-0.2, 0) is 6.54 Å². The van der Waals surface area contributed by atoms with Gasteiger partial charge in [-0.3, -0.25) is 14.6 Å². The van der Waals surface area contributed by atoms with Gasteiger partial charge in [0.2, 0.25) is 0 Å². The van der Waals surface area contributed by atoms with Crippen LogP contribution < -0.4 is 10.9 Å². The molecule has 6 nitrogen and oxygen atoms in total. The number of halogens is 1. The number of pyridine rings is 1. The van der Waals surface area contributed by atoms with E-state index >= 15 is 0 Å². The Morgan fingerprint density at radius 1 is 1.21 bits per heavy atom. The first-order valence-corrected chi connectivity index (χ1v) is 9.50. The first kappa shape index (κ1) is 18.4. The number of ketones is 1. The number of Topliss-reactive ketones (excluding diaryl/α,β-unsaturated/α-hetero) is 1. The largest absolute Gasteiger partial charge is 0.349 e. The molecule has 0 aliphatic heterocycles. The van der Waals surface area contributed by atoms with E-state index in [1.165, 1.54) is 11.6 Å². The number of benzene rings is 1. The van der Waals surface area contributed by atoms with Crippen molar-refractivity contribution in [1.29, 1.82) is 0 Å². The zero-order valence-corrected chi connectivity index (χ0v) is 16.1. The molecular formula is C21H19ClN4O2. The molecule has 1 aliphatic carbocycles. The quantitative estimate of drug-likeness (QED) is 0.630. The highest BCUT2D eigenvalue weighted by Gasteiger charge is 2.27. The Balaban J connectivity index is 1.94. The van der Waals surface area contributed by atoms with Crippen molar-refractivity contribution in [3.8, 4) is 11.3 Å². The number of hydrogen-bond acceptors (Lipinski definition) is 5. The number of rotatable bonds is 6. The van der Waals surface area contributed by atoms with Crippen LogP contribution in [0.1, 0.15) is 30.1 Å². The second-order valence-electron chi connectivity index (χ2n) is 6.93. The molecular weight excluding hydrogens is 376 g/mol. The Bertz CT molecular complexity index is 1090. The van der Waals surface area contributed by atoms with Crippen molar-refractivity contribution in [3.63, 3.8) is 0 Å². The fraction of sp³-hybridized carbons (Fsp3) is 0.238. The lowest BCUT2D eigenvalue weighted by Gasteiger charge is -2.17. The Hall–Kier alpha value is -2.99. The molecule has 4 rings (SSSR count). The molecule has 1 fully saturated rings. The number of carbonyl (C=O) groups excluding carboxylic acids is 1. The number of para-hydroxylation sites is 1. The average Bonchev–Trinajstić information content (AvgIpc) is 3.51. The van der Waals surface area contributed by atoms with Crippen molar-refractivity contribution in [2.75, 3.05) is 5.32 Å². The minimum atomic E-state index is -0.324. The molecule has 0 atom stereocenters. The number of hydrogen-bond donors (Lipinski definition) is 1. The SMILES string of the molecule is CC(=O)c1c(-c2ccncc2)nn(CC2CC2)c(=O)c1Nc1ccccc1Cl. The molecule has 0 radical (unpaired) electrons. The molecule has 0 unspecified atom stereocenters. The van der Waals surface area contributed by atoms with Gasteiger partial charge in [-0.2, -0.15) is 5.10 Å². The monoisotopic (exact) mass is 394 g/mol. The summed E-state index contributed by atoms with van der Waals surface area (Å²) in [7, 11) is 0. The summed E-state index contributed by atoms with van der Waals surface area (Å²) < 4.78 is 1.46. The van der Waals surface area contributed by atoms with Crippen LogP contribution in [0, 0.1) is 5.92 Å². The van der Waals surface area contributed by atoms with Crippen LogP contribution >= 0.6 is 11.6 Å². The van der Waals surface area contributed by atoms with Crippen LogP contribution in [0.4, 0.5) is 11.4 Å². The number of carbonyl (C=O) groups is 1. The van der Waals surface area contributed by atoms with Gasteiger partial charge in [0.05, 0.1) is 16.3 Å². The van der Waals surface area contributed by atoms with Crippen molar-refractivity contribution in [2.24, 2.45) is 5.92 Å². The van der Waals surface area contributed by atoms with Crippen LogP contribution in [0.5, 0.6) is 0 Å². The zero-order valence-electron chi connectivity index (χ0n) is 15.4. The van der Waals surface area contributed by atoms with Gasteiger partial charge in [-0.25, -0.2) is 4.68 Å². The summed E-state index contributed by atoms with van der Waals surface area (Å²) >= 11 is 6.27. The van der Waals surface area contributed by atoms with Gasteiger partial charge < -0.3 is 5.32 Å². The minimum absolute atomic E-state index is 0.197. The number of aromatic nitrogens is 3. The molecule has 0 bridgehead atoms. The van der Waals surface area contributed by atoms with Gasteiger partial charge in [-0.15, -0.1) is 0 Å². The van der Waals surface area contributed by atoms with Crippen LogP contribution in [0.25, 0.3) is 11.3 Å². The lowest BCUT2D eigenvalue weighted by atomic mass is 10.0. The maximum Gasteiger partial charge on any atom is 0.291 e. The van der Waals surface area contributed by atoms with E-state index in [2.05, 4.69) is 15.4 Å². The van der Waals surface area contributed by atoms with Crippen LogP contribution in [0.3, 0.4) is 0 Å². The van der Waals surface area contributed by atoms with Crippen molar-refractivity contribution in [3.05, 3.63) is 69.7 Å². The lowest BCUT2D eigenvalue weighted by Crippen LogP contribution is -2.29. The summed E-state index contributed by atoms with van der Waals surface area (Å²) in [5, 5.41) is 8.11. The summed E-state index contributed by atoms with van der Waals surface area (Å²) in [6.45, 7) is 1.97. The molecule has 7 heteroatoms. The molecule has 1 saturated carbocycles. The van der Waals surface area contributed by atoms with E-state index < -0.39 is 0 Å². The van der Waals surface area contributed by atoms with E-state index in [-0.39, 0.29) is 22.6 Å². The predicted octanol–water partition coefficient (Wildman–Crippen LogP) is 4.31. The van der Waals surface area contributed by atoms with Crippen LogP contribution in [0.15, 0.2) is 53.6 Å².